The van der Waals surface area contributed by atoms with E-state index in [9.17, 15) is 13.2 Å². The molecule has 0 saturated heterocycles. The zero-order valence-electron chi connectivity index (χ0n) is 12.4. The molecule has 1 aliphatic rings. The number of carbonyl (C=O) groups is 1. The van der Waals surface area contributed by atoms with E-state index in [2.05, 4.69) is 10.3 Å². The van der Waals surface area contributed by atoms with Crippen LogP contribution in [0.4, 0.5) is 11.4 Å². The predicted molar refractivity (Wildman–Crippen MR) is 88.5 cm³/mol. The topological polar surface area (TPSA) is 102 Å². The van der Waals surface area contributed by atoms with E-state index < -0.39 is 15.9 Å². The van der Waals surface area contributed by atoms with Gasteiger partial charge in [-0.05, 0) is 42.3 Å². The second-order valence-corrected chi connectivity index (χ2v) is 6.88. The molecule has 0 aliphatic carbocycles. The number of rotatable bonds is 3. The number of nitrogens with zero attached hydrogens (tertiary/aromatic N) is 1. The van der Waals surface area contributed by atoms with Gasteiger partial charge >= 0.3 is 0 Å². The molecule has 2 aromatic rings. The molecule has 1 heterocycles. The van der Waals surface area contributed by atoms with Gasteiger partial charge in [-0.15, -0.1) is 0 Å². The van der Waals surface area contributed by atoms with Crippen LogP contribution < -0.4 is 10.5 Å². The summed E-state index contributed by atoms with van der Waals surface area (Å²) in [4.78, 5) is 16.4. The van der Waals surface area contributed by atoms with Gasteiger partial charge in [0.1, 0.15) is 5.92 Å². The number of primary sulfonamides is 1. The summed E-state index contributed by atoms with van der Waals surface area (Å²) in [6.07, 6.45) is 1.56. The van der Waals surface area contributed by atoms with E-state index in [1.54, 1.807) is 18.3 Å². The van der Waals surface area contributed by atoms with Crippen LogP contribution in [0.5, 0.6) is 0 Å². The second-order valence-electron chi connectivity index (χ2n) is 5.32. The van der Waals surface area contributed by atoms with Gasteiger partial charge in [-0.3, -0.25) is 9.79 Å². The summed E-state index contributed by atoms with van der Waals surface area (Å²) >= 11 is 0. The molecule has 3 rings (SSSR count). The number of nitrogens with two attached hydrogens (primary N) is 1. The van der Waals surface area contributed by atoms with Crippen molar-refractivity contribution in [3.8, 4) is 0 Å². The van der Waals surface area contributed by atoms with Crippen LogP contribution in [0.1, 0.15) is 17.0 Å². The fourth-order valence-corrected chi connectivity index (χ4v) is 3.01. The normalized spacial score (nSPS) is 17.3. The number of para-hydroxylation sites is 1. The van der Waals surface area contributed by atoms with Crippen LogP contribution in [0.25, 0.3) is 0 Å². The third-order valence-electron chi connectivity index (χ3n) is 3.71. The lowest BCUT2D eigenvalue weighted by Crippen LogP contribution is -2.13. The van der Waals surface area contributed by atoms with Crippen molar-refractivity contribution in [2.75, 3.05) is 5.32 Å². The lowest BCUT2D eigenvalue weighted by Gasteiger charge is -2.04. The minimum Gasteiger partial charge on any atom is -0.325 e. The number of sulfonamides is 1. The minimum absolute atomic E-state index is 0.0241. The number of nitrogens with one attached hydrogen (secondary N) is 1. The van der Waals surface area contributed by atoms with E-state index in [0.717, 1.165) is 16.8 Å². The Bertz CT molecular complexity index is 903. The van der Waals surface area contributed by atoms with Crippen molar-refractivity contribution >= 4 is 33.5 Å². The molecule has 2 aromatic carbocycles. The standard InChI is InChI=1S/C16H15N3O3S/c1-10-3-2-4-13-14(16(20)19-15(10)13)9-18-11-5-7-12(8-6-11)23(17,21)22/h2-9,14H,1H3,(H,19,20)(H2,17,21,22). The average Bonchev–Trinajstić information content (AvgIpc) is 2.82. The minimum atomic E-state index is -3.72. The summed E-state index contributed by atoms with van der Waals surface area (Å²) in [5, 5.41) is 7.90. The van der Waals surface area contributed by atoms with Crippen molar-refractivity contribution in [2.24, 2.45) is 10.1 Å². The fraction of sp³-hybridized carbons (Fsp3) is 0.125. The Morgan fingerprint density at radius 3 is 2.52 bits per heavy atom. The number of anilines is 1. The van der Waals surface area contributed by atoms with Crippen LogP contribution in [0.3, 0.4) is 0 Å². The molecule has 1 unspecified atom stereocenters. The Hall–Kier alpha value is -2.51. The summed E-state index contributed by atoms with van der Waals surface area (Å²) in [5.41, 5.74) is 3.27. The van der Waals surface area contributed by atoms with Crippen LogP contribution >= 0.6 is 0 Å². The monoisotopic (exact) mass is 329 g/mol. The van der Waals surface area contributed by atoms with E-state index in [0.29, 0.717) is 5.69 Å². The lowest BCUT2D eigenvalue weighted by molar-refractivity contribution is -0.115. The van der Waals surface area contributed by atoms with Crippen LogP contribution in [-0.2, 0) is 14.8 Å². The largest absolute Gasteiger partial charge is 0.325 e. The maximum absolute atomic E-state index is 12.1. The van der Waals surface area contributed by atoms with Gasteiger partial charge in [0.25, 0.3) is 0 Å². The van der Waals surface area contributed by atoms with Crippen molar-refractivity contribution in [3.05, 3.63) is 53.6 Å². The number of hydrogen-bond donors (Lipinski definition) is 2. The zero-order chi connectivity index (χ0) is 16.6. The molecule has 6 nitrogen and oxygen atoms in total. The molecule has 0 aromatic heterocycles. The van der Waals surface area contributed by atoms with Gasteiger partial charge in [0.15, 0.2) is 0 Å². The number of aryl methyl sites for hydroxylation is 1. The first-order valence-corrected chi connectivity index (χ1v) is 8.48. The summed E-state index contributed by atoms with van der Waals surface area (Å²) in [6, 6.07) is 11.6. The molecule has 118 valence electrons. The molecular weight excluding hydrogens is 314 g/mol. The Morgan fingerprint density at radius 2 is 1.87 bits per heavy atom. The molecule has 1 aliphatic heterocycles. The summed E-state index contributed by atoms with van der Waals surface area (Å²) in [6.45, 7) is 1.94. The Balaban J connectivity index is 1.87. The van der Waals surface area contributed by atoms with Crippen molar-refractivity contribution in [2.45, 2.75) is 17.7 Å². The highest BCUT2D eigenvalue weighted by atomic mass is 32.2. The highest BCUT2D eigenvalue weighted by Gasteiger charge is 2.29. The third-order valence-corrected chi connectivity index (χ3v) is 4.64. The molecule has 0 spiro atoms. The molecule has 0 fully saturated rings. The van der Waals surface area contributed by atoms with E-state index in [1.165, 1.54) is 12.1 Å². The third kappa shape index (κ3) is 3.01. The quantitative estimate of drug-likeness (QED) is 0.843. The maximum atomic E-state index is 12.1. The Kier molecular flexibility index (Phi) is 3.75. The molecule has 1 amide bonds. The van der Waals surface area contributed by atoms with Gasteiger partial charge in [0.05, 0.1) is 10.6 Å². The van der Waals surface area contributed by atoms with Crippen molar-refractivity contribution in [3.63, 3.8) is 0 Å². The van der Waals surface area contributed by atoms with E-state index in [1.807, 2.05) is 25.1 Å². The van der Waals surface area contributed by atoms with Gasteiger partial charge in [0, 0.05) is 11.9 Å². The zero-order valence-corrected chi connectivity index (χ0v) is 13.2. The second kappa shape index (κ2) is 5.60. The van der Waals surface area contributed by atoms with E-state index in [-0.39, 0.29) is 10.8 Å². The molecule has 0 saturated carbocycles. The van der Waals surface area contributed by atoms with Crippen molar-refractivity contribution in [1.82, 2.24) is 0 Å². The number of aliphatic imine (C=N–C) groups is 1. The van der Waals surface area contributed by atoms with Crippen LogP contribution in [-0.4, -0.2) is 20.5 Å². The van der Waals surface area contributed by atoms with Gasteiger partial charge in [0.2, 0.25) is 15.9 Å². The van der Waals surface area contributed by atoms with Crippen LogP contribution in [0, 0.1) is 6.92 Å². The van der Waals surface area contributed by atoms with E-state index >= 15 is 0 Å². The number of carbonyl (C=O) groups excluding carboxylic acids is 1. The van der Waals surface area contributed by atoms with E-state index in [4.69, 9.17) is 5.14 Å². The Morgan fingerprint density at radius 1 is 1.17 bits per heavy atom. The number of benzene rings is 2. The van der Waals surface area contributed by atoms with Gasteiger partial charge in [-0.2, -0.15) is 0 Å². The summed E-state index contributed by atoms with van der Waals surface area (Å²) in [5.74, 6) is -0.581. The number of hydrogen-bond acceptors (Lipinski definition) is 4. The Labute approximate surface area is 134 Å². The molecular formula is C16H15N3O3S. The summed E-state index contributed by atoms with van der Waals surface area (Å²) in [7, 11) is -3.72. The average molecular weight is 329 g/mol. The van der Waals surface area contributed by atoms with Gasteiger partial charge in [-0.25, -0.2) is 13.6 Å². The predicted octanol–water partition coefficient (Wildman–Crippen LogP) is 2.08. The molecule has 0 bridgehead atoms. The highest BCUT2D eigenvalue weighted by Crippen LogP contribution is 2.34. The molecule has 3 N–H and O–H groups in total. The summed E-state index contributed by atoms with van der Waals surface area (Å²) < 4.78 is 22.4. The first-order chi connectivity index (χ1) is 10.9. The van der Waals surface area contributed by atoms with Crippen molar-refractivity contribution < 1.29 is 13.2 Å². The first-order valence-electron chi connectivity index (χ1n) is 6.94. The first kappa shape index (κ1) is 15.4. The molecule has 23 heavy (non-hydrogen) atoms. The van der Waals surface area contributed by atoms with Crippen molar-refractivity contribution in [1.29, 1.82) is 0 Å². The van der Waals surface area contributed by atoms with Gasteiger partial charge in [-0.1, -0.05) is 18.2 Å². The smallest absolute Gasteiger partial charge is 0.238 e. The van der Waals surface area contributed by atoms with Crippen LogP contribution in [0.15, 0.2) is 52.4 Å². The lowest BCUT2D eigenvalue weighted by atomic mass is 10.00. The molecule has 0 radical (unpaired) electrons. The highest BCUT2D eigenvalue weighted by molar-refractivity contribution is 7.89. The fourth-order valence-electron chi connectivity index (χ4n) is 2.49. The molecule has 1 atom stereocenters. The van der Waals surface area contributed by atoms with Crippen LogP contribution in [0.2, 0.25) is 0 Å². The maximum Gasteiger partial charge on any atom is 0.238 e. The van der Waals surface area contributed by atoms with Gasteiger partial charge < -0.3 is 5.32 Å². The molecule has 7 heteroatoms. The number of amides is 1. The number of fused-ring (bicyclic) bond motifs is 1. The SMILES string of the molecule is Cc1cccc2c1NC(=O)C2C=Nc1ccc(S(N)(=O)=O)cc1.